The van der Waals surface area contributed by atoms with E-state index in [1.807, 2.05) is 5.32 Å². The molecule has 52 valence electrons. The van der Waals surface area contributed by atoms with Crippen molar-refractivity contribution in [2.24, 2.45) is 0 Å². The van der Waals surface area contributed by atoms with E-state index < -0.39 is 11.7 Å². The predicted octanol–water partition coefficient (Wildman–Crippen LogP) is 1.18. The van der Waals surface area contributed by atoms with Gasteiger partial charge in [0.05, 0.1) is 7.05 Å². The lowest BCUT2D eigenvalue weighted by Gasteiger charge is -2.18. The Morgan fingerprint density at radius 1 is 1.56 bits per heavy atom. The number of carbonyl (C=O) groups is 1. The summed E-state index contributed by atoms with van der Waals surface area (Å²) in [5, 5.41) is 1.86. The van der Waals surface area contributed by atoms with Gasteiger partial charge in [0, 0.05) is 0 Å². The molecule has 0 fully saturated rings. The van der Waals surface area contributed by atoms with Crippen molar-refractivity contribution in [2.45, 2.75) is 26.4 Å². The van der Waals surface area contributed by atoms with Crippen molar-refractivity contribution < 1.29 is 9.53 Å². The van der Waals surface area contributed by atoms with Crippen molar-refractivity contribution in [1.82, 2.24) is 5.32 Å². The number of hydrogen-bond donors (Lipinski definition) is 1. The SMILES string of the molecule is [CH]NC(=O)OC(C)(C)C. The molecule has 0 atom stereocenters. The van der Waals surface area contributed by atoms with E-state index in [1.165, 1.54) is 0 Å². The van der Waals surface area contributed by atoms with E-state index in [9.17, 15) is 4.79 Å². The van der Waals surface area contributed by atoms with Crippen LogP contribution >= 0.6 is 0 Å². The zero-order valence-electron chi connectivity index (χ0n) is 5.89. The van der Waals surface area contributed by atoms with Crippen LogP contribution in [0.25, 0.3) is 0 Å². The number of ether oxygens (including phenoxy) is 1. The molecule has 0 aromatic heterocycles. The molecule has 0 saturated heterocycles. The normalized spacial score (nSPS) is 10.7. The van der Waals surface area contributed by atoms with Gasteiger partial charge in [0.25, 0.3) is 0 Å². The Labute approximate surface area is 55.4 Å². The van der Waals surface area contributed by atoms with E-state index in [1.54, 1.807) is 20.8 Å². The average Bonchev–Trinajstić information content (AvgIpc) is 1.62. The number of rotatable bonds is 0. The van der Waals surface area contributed by atoms with Gasteiger partial charge < -0.3 is 10.1 Å². The van der Waals surface area contributed by atoms with Crippen LogP contribution in [-0.4, -0.2) is 11.7 Å². The Morgan fingerprint density at radius 2 is 2.00 bits per heavy atom. The minimum absolute atomic E-state index is 0.469. The molecular weight excluding hydrogens is 118 g/mol. The number of amides is 1. The zero-order valence-corrected chi connectivity index (χ0v) is 5.89. The van der Waals surface area contributed by atoms with Gasteiger partial charge in [-0.3, -0.25) is 0 Å². The van der Waals surface area contributed by atoms with E-state index in [0.29, 0.717) is 0 Å². The minimum Gasteiger partial charge on any atom is -0.444 e. The average molecular weight is 129 g/mol. The second-order valence-corrected chi connectivity index (χ2v) is 2.65. The summed E-state index contributed by atoms with van der Waals surface area (Å²) < 4.78 is 4.71. The number of hydrogen-bond acceptors (Lipinski definition) is 2. The lowest BCUT2D eigenvalue weighted by Crippen LogP contribution is -2.29. The van der Waals surface area contributed by atoms with Crippen LogP contribution in [0.4, 0.5) is 4.79 Å². The van der Waals surface area contributed by atoms with Gasteiger partial charge in [-0.05, 0) is 20.8 Å². The Morgan fingerprint density at radius 3 is 2.11 bits per heavy atom. The van der Waals surface area contributed by atoms with Crippen LogP contribution in [0.5, 0.6) is 0 Å². The molecule has 1 N–H and O–H groups in total. The first kappa shape index (κ1) is 8.27. The summed E-state index contributed by atoms with van der Waals surface area (Å²) in [6, 6.07) is 0. The van der Waals surface area contributed by atoms with Crippen LogP contribution in [0.2, 0.25) is 0 Å². The van der Waals surface area contributed by atoms with E-state index in [-0.39, 0.29) is 0 Å². The van der Waals surface area contributed by atoms with Gasteiger partial charge in [-0.25, -0.2) is 4.79 Å². The molecule has 1 amide bonds. The molecule has 2 radical (unpaired) electrons. The molecule has 0 heterocycles. The zero-order chi connectivity index (χ0) is 7.49. The van der Waals surface area contributed by atoms with Gasteiger partial charge in [-0.1, -0.05) is 0 Å². The maximum absolute atomic E-state index is 10.4. The summed E-state index contributed by atoms with van der Waals surface area (Å²) in [6.07, 6.45) is -0.609. The molecule has 0 saturated carbocycles. The maximum atomic E-state index is 10.4. The van der Waals surface area contributed by atoms with Gasteiger partial charge in [-0.15, -0.1) is 0 Å². The highest BCUT2D eigenvalue weighted by atomic mass is 16.6. The molecule has 0 unspecified atom stereocenters. The van der Waals surface area contributed by atoms with Crippen molar-refractivity contribution >= 4 is 6.09 Å². The van der Waals surface area contributed by atoms with Crippen molar-refractivity contribution in [2.75, 3.05) is 0 Å². The first-order valence-corrected chi connectivity index (χ1v) is 2.65. The molecule has 0 aromatic rings. The monoisotopic (exact) mass is 129 g/mol. The van der Waals surface area contributed by atoms with E-state index in [4.69, 9.17) is 11.8 Å². The van der Waals surface area contributed by atoms with Crippen LogP contribution < -0.4 is 5.32 Å². The van der Waals surface area contributed by atoms with Gasteiger partial charge in [0.2, 0.25) is 0 Å². The summed E-state index contributed by atoms with van der Waals surface area (Å²) in [5.74, 6) is 0. The Kier molecular flexibility index (Phi) is 2.49. The molecule has 9 heavy (non-hydrogen) atoms. The first-order valence-electron chi connectivity index (χ1n) is 2.65. The fourth-order valence-electron chi connectivity index (χ4n) is 0.308. The van der Waals surface area contributed by atoms with Crippen LogP contribution in [0.15, 0.2) is 0 Å². The fraction of sp³-hybridized carbons (Fsp3) is 0.667. The second kappa shape index (κ2) is 2.71. The van der Waals surface area contributed by atoms with Crippen molar-refractivity contribution in [3.8, 4) is 0 Å². The molecule has 3 nitrogen and oxygen atoms in total. The summed E-state index contributed by atoms with van der Waals surface area (Å²) in [4.78, 5) is 10.4. The molecule has 0 aromatic carbocycles. The molecule has 3 heteroatoms. The summed E-state index contributed by atoms with van der Waals surface area (Å²) in [7, 11) is 4.75. The largest absolute Gasteiger partial charge is 0.444 e. The highest BCUT2D eigenvalue weighted by molar-refractivity contribution is 5.67. The summed E-state index contributed by atoms with van der Waals surface area (Å²) >= 11 is 0. The Balaban J connectivity index is 3.60. The fourth-order valence-corrected chi connectivity index (χ4v) is 0.308. The van der Waals surface area contributed by atoms with Crippen LogP contribution in [0, 0.1) is 7.05 Å². The molecule has 0 aliphatic rings. The smallest absolute Gasteiger partial charge is 0.408 e. The third-order valence-electron chi connectivity index (χ3n) is 0.517. The third-order valence-corrected chi connectivity index (χ3v) is 0.517. The van der Waals surface area contributed by atoms with Crippen LogP contribution in [0.1, 0.15) is 20.8 Å². The highest BCUT2D eigenvalue weighted by Crippen LogP contribution is 2.05. The van der Waals surface area contributed by atoms with E-state index in [0.717, 1.165) is 0 Å². The summed E-state index contributed by atoms with van der Waals surface area (Å²) in [5.41, 5.74) is -0.469. The lowest BCUT2D eigenvalue weighted by atomic mass is 10.2. The van der Waals surface area contributed by atoms with Gasteiger partial charge in [0.15, 0.2) is 0 Å². The molecule has 0 aliphatic heterocycles. The Hall–Kier alpha value is -0.730. The number of carbonyl (C=O) groups excluding carboxylic acids is 1. The van der Waals surface area contributed by atoms with Crippen molar-refractivity contribution in [3.05, 3.63) is 7.05 Å². The third kappa shape index (κ3) is 5.14. The minimum atomic E-state index is -0.609. The molecule has 0 bridgehead atoms. The van der Waals surface area contributed by atoms with Gasteiger partial charge >= 0.3 is 6.09 Å². The molecular formula is C6H11NO2. The van der Waals surface area contributed by atoms with Crippen molar-refractivity contribution in [3.63, 3.8) is 0 Å². The van der Waals surface area contributed by atoms with Gasteiger partial charge in [0.1, 0.15) is 5.60 Å². The molecule has 0 rings (SSSR count). The summed E-state index contributed by atoms with van der Waals surface area (Å²) in [6.45, 7) is 5.30. The first-order chi connectivity index (χ1) is 3.95. The predicted molar refractivity (Wildman–Crippen MR) is 33.7 cm³/mol. The van der Waals surface area contributed by atoms with Crippen LogP contribution in [-0.2, 0) is 4.74 Å². The van der Waals surface area contributed by atoms with Gasteiger partial charge in [-0.2, -0.15) is 0 Å². The number of nitrogens with one attached hydrogen (secondary N) is 1. The lowest BCUT2D eigenvalue weighted by molar-refractivity contribution is 0.0550. The maximum Gasteiger partial charge on any atom is 0.408 e. The topological polar surface area (TPSA) is 38.3 Å². The standard InChI is InChI=1S/C6H11NO2/c1-6(2,3)9-5(8)7-4/h4H,1-3H3,(H,7,8). The second-order valence-electron chi connectivity index (χ2n) is 2.65. The Bertz CT molecular complexity index is 104. The van der Waals surface area contributed by atoms with Crippen molar-refractivity contribution in [1.29, 1.82) is 0 Å². The molecule has 0 aliphatic carbocycles. The molecule has 0 spiro atoms. The van der Waals surface area contributed by atoms with E-state index in [2.05, 4.69) is 0 Å². The quantitative estimate of drug-likeness (QED) is 0.499. The van der Waals surface area contributed by atoms with E-state index >= 15 is 0 Å². The number of alkyl carbamates (subject to hydrolysis) is 1. The van der Waals surface area contributed by atoms with Crippen LogP contribution in [0.3, 0.4) is 0 Å². The highest BCUT2D eigenvalue weighted by Gasteiger charge is 2.14.